The van der Waals surface area contributed by atoms with Crippen molar-refractivity contribution in [1.82, 2.24) is 9.62 Å². The van der Waals surface area contributed by atoms with Gasteiger partial charge in [0, 0.05) is 25.2 Å². The van der Waals surface area contributed by atoms with Gasteiger partial charge in [0.05, 0.1) is 4.90 Å². The second-order valence-corrected chi connectivity index (χ2v) is 6.75. The van der Waals surface area contributed by atoms with Crippen LogP contribution in [0.1, 0.15) is 24.0 Å². The number of nitrogens with one attached hydrogen (secondary N) is 1. The predicted molar refractivity (Wildman–Crippen MR) is 71.9 cm³/mol. The van der Waals surface area contributed by atoms with E-state index in [-0.39, 0.29) is 10.5 Å². The molecule has 6 heteroatoms. The number of rotatable bonds is 4. The van der Waals surface area contributed by atoms with Crippen molar-refractivity contribution in [2.45, 2.75) is 31.2 Å². The molecule has 0 aromatic heterocycles. The molecule has 4 nitrogen and oxygen atoms in total. The van der Waals surface area contributed by atoms with Crippen LogP contribution in [0, 0.1) is 12.7 Å². The summed E-state index contributed by atoms with van der Waals surface area (Å²) < 4.78 is 40.3. The van der Waals surface area contributed by atoms with Gasteiger partial charge in [0.15, 0.2) is 0 Å². The molecular formula is C13H19FN2O2S. The Kier molecular flexibility index (Phi) is 4.23. The lowest BCUT2D eigenvalue weighted by molar-refractivity contribution is 0.475. The van der Waals surface area contributed by atoms with Crippen LogP contribution in [0.3, 0.4) is 0 Å². The van der Waals surface area contributed by atoms with Crippen molar-refractivity contribution in [2.75, 3.05) is 20.1 Å². The van der Waals surface area contributed by atoms with Gasteiger partial charge in [-0.3, -0.25) is 0 Å². The molecule has 0 aliphatic carbocycles. The summed E-state index contributed by atoms with van der Waals surface area (Å²) in [6, 6.07) is 2.96. The number of nitrogens with zero attached hydrogens (tertiary/aromatic N) is 1. The Labute approximate surface area is 113 Å². The Hall–Kier alpha value is -0.980. The highest BCUT2D eigenvalue weighted by molar-refractivity contribution is 7.89. The van der Waals surface area contributed by atoms with Crippen LogP contribution in [0.15, 0.2) is 17.0 Å². The molecule has 1 saturated heterocycles. The second-order valence-electron chi connectivity index (χ2n) is 4.84. The second kappa shape index (κ2) is 5.56. The first-order chi connectivity index (χ1) is 8.96. The largest absolute Gasteiger partial charge is 0.316 e. The lowest BCUT2D eigenvalue weighted by atomic mass is 10.1. The Bertz CT molecular complexity index is 566. The number of sulfonamides is 1. The fourth-order valence-electron chi connectivity index (χ4n) is 2.35. The molecule has 0 bridgehead atoms. The fraction of sp³-hybridized carbons (Fsp3) is 0.538. The van der Waals surface area contributed by atoms with Crippen molar-refractivity contribution in [3.63, 3.8) is 0 Å². The van der Waals surface area contributed by atoms with Crippen molar-refractivity contribution < 1.29 is 12.8 Å². The Balaban J connectivity index is 2.48. The Morgan fingerprint density at radius 1 is 1.32 bits per heavy atom. The van der Waals surface area contributed by atoms with Crippen molar-refractivity contribution >= 4 is 10.0 Å². The topological polar surface area (TPSA) is 49.4 Å². The summed E-state index contributed by atoms with van der Waals surface area (Å²) in [6.07, 6.45) is 1.74. The molecule has 1 aromatic carbocycles. The molecule has 1 aliphatic heterocycles. The Morgan fingerprint density at radius 3 is 2.53 bits per heavy atom. The van der Waals surface area contributed by atoms with Crippen LogP contribution in [0.5, 0.6) is 0 Å². The first-order valence-electron chi connectivity index (χ1n) is 6.40. The molecule has 0 spiro atoms. The van der Waals surface area contributed by atoms with Crippen molar-refractivity contribution in [3.8, 4) is 0 Å². The zero-order valence-electron chi connectivity index (χ0n) is 11.2. The van der Waals surface area contributed by atoms with Crippen LogP contribution in [0.4, 0.5) is 4.39 Å². The summed E-state index contributed by atoms with van der Waals surface area (Å²) in [5.74, 6) is -0.467. The van der Waals surface area contributed by atoms with E-state index < -0.39 is 15.8 Å². The van der Waals surface area contributed by atoms with Gasteiger partial charge in [0.1, 0.15) is 5.82 Å². The van der Waals surface area contributed by atoms with Crippen LogP contribution in [-0.2, 0) is 16.6 Å². The molecule has 19 heavy (non-hydrogen) atoms. The van der Waals surface area contributed by atoms with E-state index in [0.717, 1.165) is 12.8 Å². The van der Waals surface area contributed by atoms with Gasteiger partial charge in [-0.2, -0.15) is 4.31 Å². The monoisotopic (exact) mass is 286 g/mol. The molecule has 1 aliphatic rings. The summed E-state index contributed by atoms with van der Waals surface area (Å²) in [5, 5.41) is 2.90. The molecule has 2 rings (SSSR count). The van der Waals surface area contributed by atoms with Gasteiger partial charge in [-0.25, -0.2) is 12.8 Å². The van der Waals surface area contributed by atoms with Crippen LogP contribution in [-0.4, -0.2) is 32.9 Å². The highest BCUT2D eigenvalue weighted by atomic mass is 32.2. The van der Waals surface area contributed by atoms with Gasteiger partial charge in [0.2, 0.25) is 10.0 Å². The lowest BCUT2D eigenvalue weighted by Crippen LogP contribution is -2.29. The quantitative estimate of drug-likeness (QED) is 0.915. The van der Waals surface area contributed by atoms with E-state index in [1.807, 2.05) is 0 Å². The SMILES string of the molecule is CNCc1cc(F)c(C)c(S(=O)(=O)N2CCCC2)c1. The average molecular weight is 286 g/mol. The van der Waals surface area contributed by atoms with Gasteiger partial charge >= 0.3 is 0 Å². The number of halogens is 1. The third-order valence-corrected chi connectivity index (χ3v) is 5.45. The molecule has 0 amide bonds. The maximum absolute atomic E-state index is 13.9. The van der Waals surface area contributed by atoms with Gasteiger partial charge in [0.25, 0.3) is 0 Å². The molecule has 0 saturated carbocycles. The van der Waals surface area contributed by atoms with Gasteiger partial charge in [-0.05, 0) is 44.5 Å². The molecule has 0 radical (unpaired) electrons. The molecule has 1 N–H and O–H groups in total. The lowest BCUT2D eigenvalue weighted by Gasteiger charge is -2.18. The van der Waals surface area contributed by atoms with Crippen LogP contribution >= 0.6 is 0 Å². The zero-order chi connectivity index (χ0) is 14.0. The van der Waals surface area contributed by atoms with Crippen LogP contribution < -0.4 is 5.32 Å². The van der Waals surface area contributed by atoms with E-state index in [1.54, 1.807) is 13.1 Å². The molecular weight excluding hydrogens is 267 g/mol. The highest BCUT2D eigenvalue weighted by Gasteiger charge is 2.29. The molecule has 106 valence electrons. The average Bonchev–Trinajstić information content (AvgIpc) is 2.88. The zero-order valence-corrected chi connectivity index (χ0v) is 12.1. The minimum atomic E-state index is -3.57. The Morgan fingerprint density at radius 2 is 1.95 bits per heavy atom. The van der Waals surface area contributed by atoms with E-state index >= 15 is 0 Å². The molecule has 1 aromatic rings. The number of hydrogen-bond donors (Lipinski definition) is 1. The van der Waals surface area contributed by atoms with Gasteiger partial charge in [-0.15, -0.1) is 0 Å². The number of benzene rings is 1. The first kappa shape index (κ1) is 14.4. The molecule has 0 atom stereocenters. The summed E-state index contributed by atoms with van der Waals surface area (Å²) in [5.41, 5.74) is 0.843. The van der Waals surface area contributed by atoms with Gasteiger partial charge in [-0.1, -0.05) is 0 Å². The third kappa shape index (κ3) is 2.80. The smallest absolute Gasteiger partial charge is 0.243 e. The van der Waals surface area contributed by atoms with Crippen LogP contribution in [0.2, 0.25) is 0 Å². The standard InChI is InChI=1S/C13H19FN2O2S/c1-10-12(14)7-11(9-15-2)8-13(10)19(17,18)16-5-3-4-6-16/h7-8,15H,3-6,9H2,1-2H3. The third-order valence-electron chi connectivity index (χ3n) is 3.42. The molecule has 1 heterocycles. The first-order valence-corrected chi connectivity index (χ1v) is 7.84. The van der Waals surface area contributed by atoms with E-state index in [4.69, 9.17) is 0 Å². The summed E-state index contributed by atoms with van der Waals surface area (Å²) >= 11 is 0. The number of hydrogen-bond acceptors (Lipinski definition) is 3. The van der Waals surface area contributed by atoms with E-state index in [2.05, 4.69) is 5.32 Å². The summed E-state index contributed by atoms with van der Waals surface area (Å²) in [4.78, 5) is 0.0969. The summed E-state index contributed by atoms with van der Waals surface area (Å²) in [7, 11) is -1.82. The maximum Gasteiger partial charge on any atom is 0.243 e. The molecule has 0 unspecified atom stereocenters. The molecule has 1 fully saturated rings. The minimum absolute atomic E-state index is 0.0969. The maximum atomic E-state index is 13.9. The minimum Gasteiger partial charge on any atom is -0.316 e. The van der Waals surface area contributed by atoms with Crippen molar-refractivity contribution in [1.29, 1.82) is 0 Å². The van der Waals surface area contributed by atoms with Crippen LogP contribution in [0.25, 0.3) is 0 Å². The fourth-order valence-corrected chi connectivity index (χ4v) is 4.15. The van der Waals surface area contributed by atoms with E-state index in [1.165, 1.54) is 17.3 Å². The predicted octanol–water partition coefficient (Wildman–Crippen LogP) is 1.64. The van der Waals surface area contributed by atoms with Gasteiger partial charge < -0.3 is 5.32 Å². The normalized spacial score (nSPS) is 17.0. The van der Waals surface area contributed by atoms with E-state index in [9.17, 15) is 12.8 Å². The highest BCUT2D eigenvalue weighted by Crippen LogP contribution is 2.26. The summed E-state index contributed by atoms with van der Waals surface area (Å²) in [6.45, 7) is 3.01. The van der Waals surface area contributed by atoms with Crippen molar-refractivity contribution in [2.24, 2.45) is 0 Å². The van der Waals surface area contributed by atoms with E-state index in [0.29, 0.717) is 25.2 Å². The van der Waals surface area contributed by atoms with Crippen molar-refractivity contribution in [3.05, 3.63) is 29.1 Å².